The van der Waals surface area contributed by atoms with Crippen LogP contribution in [0.5, 0.6) is 0 Å². The Hall–Kier alpha value is -0.800. The Morgan fingerprint density at radius 2 is 2.08 bits per heavy atom. The smallest absolute Gasteiger partial charge is 0.199 e. The van der Waals surface area contributed by atoms with Crippen LogP contribution in [0.3, 0.4) is 0 Å². The van der Waals surface area contributed by atoms with Crippen LogP contribution in [0.2, 0.25) is 5.02 Å². The predicted molar refractivity (Wildman–Crippen MR) is 53.6 cm³/mol. The fourth-order valence-electron chi connectivity index (χ4n) is 1.02. The maximum absolute atomic E-state index is 11.4. The van der Waals surface area contributed by atoms with Gasteiger partial charge >= 0.3 is 0 Å². The molecule has 4 heteroatoms. The van der Waals surface area contributed by atoms with Crippen LogP contribution in [-0.2, 0) is 9.84 Å². The van der Waals surface area contributed by atoms with E-state index in [1.54, 1.807) is 19.1 Å². The Labute approximate surface area is 82.8 Å². The van der Waals surface area contributed by atoms with Crippen LogP contribution in [0.25, 0.3) is 0 Å². The molecule has 0 aliphatic heterocycles. The van der Waals surface area contributed by atoms with Gasteiger partial charge in [-0.3, -0.25) is 0 Å². The van der Waals surface area contributed by atoms with E-state index >= 15 is 0 Å². The summed E-state index contributed by atoms with van der Waals surface area (Å²) in [6, 6.07) is 4.64. The number of benzene rings is 1. The fraction of sp³-hybridized carbons (Fsp3) is 0.111. The number of rotatable bonds is 2. The zero-order valence-corrected chi connectivity index (χ0v) is 8.69. The third-order valence-corrected chi connectivity index (χ3v) is 3.41. The van der Waals surface area contributed by atoms with E-state index in [1.807, 2.05) is 0 Å². The van der Waals surface area contributed by atoms with E-state index in [-0.39, 0.29) is 4.90 Å². The number of hydrogen-bond donors (Lipinski definition) is 0. The lowest BCUT2D eigenvalue weighted by molar-refractivity contribution is 0.604. The van der Waals surface area contributed by atoms with Crippen molar-refractivity contribution in [2.75, 3.05) is 0 Å². The van der Waals surface area contributed by atoms with Crippen LogP contribution in [0.1, 0.15) is 5.56 Å². The first-order chi connectivity index (χ1) is 5.97. The average Bonchev–Trinajstić information content (AvgIpc) is 2.03. The van der Waals surface area contributed by atoms with Crippen molar-refractivity contribution >= 4 is 21.4 Å². The normalized spacial score (nSPS) is 11.2. The van der Waals surface area contributed by atoms with Crippen molar-refractivity contribution in [3.63, 3.8) is 0 Å². The second-order valence-corrected chi connectivity index (χ2v) is 4.92. The maximum atomic E-state index is 11.4. The summed E-state index contributed by atoms with van der Waals surface area (Å²) in [5.41, 5.74) is 0.632. The van der Waals surface area contributed by atoms with Crippen LogP contribution in [-0.4, -0.2) is 8.42 Å². The molecular formula is C9H9ClO2S. The second-order valence-electron chi connectivity index (χ2n) is 2.62. The number of aryl methyl sites for hydroxylation is 1. The monoisotopic (exact) mass is 216 g/mol. The lowest BCUT2D eigenvalue weighted by Crippen LogP contribution is -1.98. The quantitative estimate of drug-likeness (QED) is 0.762. The van der Waals surface area contributed by atoms with Crippen LogP contribution in [0.4, 0.5) is 0 Å². The van der Waals surface area contributed by atoms with E-state index in [0.717, 1.165) is 5.41 Å². The van der Waals surface area contributed by atoms with Gasteiger partial charge in [-0.1, -0.05) is 18.2 Å². The van der Waals surface area contributed by atoms with Gasteiger partial charge in [-0.15, -0.1) is 0 Å². The molecule has 0 bridgehead atoms. The minimum atomic E-state index is -3.34. The standard InChI is InChI=1S/C9H9ClO2S/c1-3-13(11,12)9-5-4-8(10)6-7(9)2/h3-6H,1H2,2H3. The highest BCUT2D eigenvalue weighted by atomic mass is 35.5. The SMILES string of the molecule is C=CS(=O)(=O)c1ccc(Cl)cc1C. The van der Waals surface area contributed by atoms with E-state index in [0.29, 0.717) is 10.6 Å². The molecule has 70 valence electrons. The van der Waals surface area contributed by atoms with Gasteiger partial charge in [-0.05, 0) is 30.7 Å². The molecule has 1 rings (SSSR count). The molecule has 0 fully saturated rings. The zero-order valence-electron chi connectivity index (χ0n) is 7.12. The Morgan fingerprint density at radius 1 is 1.46 bits per heavy atom. The molecule has 0 atom stereocenters. The topological polar surface area (TPSA) is 34.1 Å². The summed E-state index contributed by atoms with van der Waals surface area (Å²) >= 11 is 5.69. The average molecular weight is 217 g/mol. The highest BCUT2D eigenvalue weighted by Gasteiger charge is 2.12. The lowest BCUT2D eigenvalue weighted by Gasteiger charge is -2.03. The van der Waals surface area contributed by atoms with E-state index in [9.17, 15) is 8.42 Å². The number of halogens is 1. The minimum absolute atomic E-state index is 0.256. The molecule has 0 saturated carbocycles. The van der Waals surface area contributed by atoms with E-state index < -0.39 is 9.84 Å². The Morgan fingerprint density at radius 3 is 2.54 bits per heavy atom. The highest BCUT2D eigenvalue weighted by Crippen LogP contribution is 2.20. The lowest BCUT2D eigenvalue weighted by atomic mass is 10.2. The van der Waals surface area contributed by atoms with Gasteiger partial charge in [-0.2, -0.15) is 0 Å². The first kappa shape index (κ1) is 10.3. The summed E-state index contributed by atoms with van der Waals surface area (Å²) < 4.78 is 22.7. The molecule has 0 N–H and O–H groups in total. The molecule has 0 aliphatic carbocycles. The molecule has 0 unspecified atom stereocenters. The van der Waals surface area contributed by atoms with Gasteiger partial charge in [0.25, 0.3) is 0 Å². The molecule has 1 aromatic carbocycles. The molecular weight excluding hydrogens is 208 g/mol. The van der Waals surface area contributed by atoms with Gasteiger partial charge in [0, 0.05) is 10.4 Å². The van der Waals surface area contributed by atoms with Gasteiger partial charge in [0.2, 0.25) is 0 Å². The molecule has 0 heterocycles. The molecule has 0 amide bonds. The van der Waals surface area contributed by atoms with E-state index in [1.165, 1.54) is 6.07 Å². The minimum Gasteiger partial charge on any atom is -0.219 e. The van der Waals surface area contributed by atoms with Gasteiger partial charge in [0.15, 0.2) is 9.84 Å². The van der Waals surface area contributed by atoms with Crippen molar-refractivity contribution in [3.05, 3.63) is 40.8 Å². The van der Waals surface area contributed by atoms with Crippen LogP contribution >= 0.6 is 11.6 Å². The molecule has 0 radical (unpaired) electrons. The Kier molecular flexibility index (Phi) is 2.78. The van der Waals surface area contributed by atoms with E-state index in [2.05, 4.69) is 6.58 Å². The van der Waals surface area contributed by atoms with Gasteiger partial charge in [-0.25, -0.2) is 8.42 Å². The summed E-state index contributed by atoms with van der Waals surface area (Å²) in [6.07, 6.45) is 0. The molecule has 0 aliphatic rings. The van der Waals surface area contributed by atoms with Crippen LogP contribution in [0.15, 0.2) is 35.1 Å². The van der Waals surface area contributed by atoms with Crippen molar-refractivity contribution < 1.29 is 8.42 Å². The molecule has 13 heavy (non-hydrogen) atoms. The summed E-state index contributed by atoms with van der Waals surface area (Å²) in [4.78, 5) is 0.256. The maximum Gasteiger partial charge on any atom is 0.199 e. The van der Waals surface area contributed by atoms with Crippen molar-refractivity contribution in [2.45, 2.75) is 11.8 Å². The summed E-state index contributed by atoms with van der Waals surface area (Å²) in [5.74, 6) is 0. The van der Waals surface area contributed by atoms with Crippen molar-refractivity contribution in [2.24, 2.45) is 0 Å². The molecule has 1 aromatic rings. The first-order valence-corrected chi connectivity index (χ1v) is 5.53. The Bertz CT molecular complexity index is 435. The summed E-state index contributed by atoms with van der Waals surface area (Å²) in [7, 11) is -3.34. The van der Waals surface area contributed by atoms with Crippen molar-refractivity contribution in [3.8, 4) is 0 Å². The fourth-order valence-corrected chi connectivity index (χ4v) is 2.19. The van der Waals surface area contributed by atoms with Crippen LogP contribution in [0, 0.1) is 6.92 Å². The van der Waals surface area contributed by atoms with Crippen molar-refractivity contribution in [1.29, 1.82) is 0 Å². The van der Waals surface area contributed by atoms with Crippen molar-refractivity contribution in [1.82, 2.24) is 0 Å². The highest BCUT2D eigenvalue weighted by molar-refractivity contribution is 7.94. The molecule has 2 nitrogen and oxygen atoms in total. The number of sulfone groups is 1. The number of hydrogen-bond acceptors (Lipinski definition) is 2. The molecule has 0 saturated heterocycles. The van der Waals surface area contributed by atoms with Gasteiger partial charge in [0.05, 0.1) is 4.90 Å². The molecule has 0 spiro atoms. The predicted octanol–water partition coefficient (Wildman–Crippen LogP) is 2.57. The largest absolute Gasteiger partial charge is 0.219 e. The van der Waals surface area contributed by atoms with Crippen LogP contribution < -0.4 is 0 Å². The second kappa shape index (κ2) is 3.52. The molecule has 0 aromatic heterocycles. The van der Waals surface area contributed by atoms with E-state index in [4.69, 9.17) is 11.6 Å². The third kappa shape index (κ3) is 2.11. The summed E-state index contributed by atoms with van der Waals surface area (Å²) in [6.45, 7) is 4.95. The first-order valence-electron chi connectivity index (χ1n) is 3.61. The third-order valence-electron chi connectivity index (χ3n) is 1.66. The van der Waals surface area contributed by atoms with Gasteiger partial charge in [0.1, 0.15) is 0 Å². The Balaban J connectivity index is 3.41. The van der Waals surface area contributed by atoms with Gasteiger partial charge < -0.3 is 0 Å². The zero-order chi connectivity index (χ0) is 10.1. The summed E-state index contributed by atoms with van der Waals surface area (Å²) in [5, 5.41) is 1.46.